The first-order valence-corrected chi connectivity index (χ1v) is 7.55. The normalized spacial score (nSPS) is 18.7. The van der Waals surface area contributed by atoms with Crippen LogP contribution in [0.5, 0.6) is 11.5 Å². The highest BCUT2D eigenvalue weighted by molar-refractivity contribution is 5.55. The van der Waals surface area contributed by atoms with Gasteiger partial charge in [-0.05, 0) is 25.0 Å². The summed E-state index contributed by atoms with van der Waals surface area (Å²) in [5, 5.41) is 3.40. The number of nitrogens with one attached hydrogen (secondary N) is 1. The average Bonchev–Trinajstić information content (AvgIpc) is 2.93. The summed E-state index contributed by atoms with van der Waals surface area (Å²) in [4.78, 5) is 2.53. The molecule has 1 saturated heterocycles. The molecular formula is C16H24N2O2. The van der Waals surface area contributed by atoms with Gasteiger partial charge in [0, 0.05) is 50.3 Å². The van der Waals surface area contributed by atoms with Crippen molar-refractivity contribution in [1.29, 1.82) is 0 Å². The standard InChI is InChI=1S/C16H24N2O2/c1-12-11-15-13(4-10-20-15)14(16(12)19-2)3-7-18-8-5-17-6-9-18/h11,17H,3-10H2,1-2H3. The maximum absolute atomic E-state index is 5.73. The van der Waals surface area contributed by atoms with Crippen LogP contribution in [0.4, 0.5) is 0 Å². The molecule has 1 N–H and O–H groups in total. The fourth-order valence-electron chi connectivity index (χ4n) is 3.29. The van der Waals surface area contributed by atoms with Crippen molar-refractivity contribution in [3.8, 4) is 11.5 Å². The maximum Gasteiger partial charge on any atom is 0.125 e. The summed E-state index contributed by atoms with van der Waals surface area (Å²) in [6, 6.07) is 2.12. The second kappa shape index (κ2) is 6.02. The van der Waals surface area contributed by atoms with Crippen LogP contribution in [-0.4, -0.2) is 51.3 Å². The Morgan fingerprint density at radius 2 is 2.15 bits per heavy atom. The summed E-state index contributed by atoms with van der Waals surface area (Å²) in [5.41, 5.74) is 3.91. The average molecular weight is 276 g/mol. The molecule has 1 fully saturated rings. The maximum atomic E-state index is 5.73. The van der Waals surface area contributed by atoms with Crippen LogP contribution in [0.1, 0.15) is 16.7 Å². The van der Waals surface area contributed by atoms with E-state index in [1.54, 1.807) is 7.11 Å². The lowest BCUT2D eigenvalue weighted by molar-refractivity contribution is 0.243. The topological polar surface area (TPSA) is 33.7 Å². The number of hydrogen-bond acceptors (Lipinski definition) is 4. The van der Waals surface area contributed by atoms with Crippen LogP contribution in [0.25, 0.3) is 0 Å². The fourth-order valence-corrected chi connectivity index (χ4v) is 3.29. The fraction of sp³-hybridized carbons (Fsp3) is 0.625. The summed E-state index contributed by atoms with van der Waals surface area (Å²) < 4.78 is 11.4. The SMILES string of the molecule is COc1c(C)cc2c(c1CCN1CCNCC1)CCO2. The van der Waals surface area contributed by atoms with Crippen molar-refractivity contribution in [2.45, 2.75) is 19.8 Å². The second-order valence-electron chi connectivity index (χ2n) is 5.62. The monoisotopic (exact) mass is 276 g/mol. The Kier molecular flexibility index (Phi) is 4.13. The lowest BCUT2D eigenvalue weighted by Gasteiger charge is -2.27. The minimum atomic E-state index is 0.808. The highest BCUT2D eigenvalue weighted by Crippen LogP contribution is 2.37. The number of hydrogen-bond donors (Lipinski definition) is 1. The minimum absolute atomic E-state index is 0.808. The largest absolute Gasteiger partial charge is 0.496 e. The molecule has 0 aromatic heterocycles. The number of methoxy groups -OCH3 is 1. The van der Waals surface area contributed by atoms with Crippen molar-refractivity contribution in [1.82, 2.24) is 10.2 Å². The van der Waals surface area contributed by atoms with E-state index in [9.17, 15) is 0 Å². The molecule has 2 aliphatic heterocycles. The van der Waals surface area contributed by atoms with E-state index < -0.39 is 0 Å². The van der Waals surface area contributed by atoms with Crippen LogP contribution in [0.3, 0.4) is 0 Å². The molecule has 20 heavy (non-hydrogen) atoms. The molecule has 0 atom stereocenters. The molecule has 0 unspecified atom stereocenters. The number of benzene rings is 1. The Morgan fingerprint density at radius 3 is 2.90 bits per heavy atom. The van der Waals surface area contributed by atoms with Crippen LogP contribution in [0.2, 0.25) is 0 Å². The van der Waals surface area contributed by atoms with Crippen molar-refractivity contribution in [3.63, 3.8) is 0 Å². The Hall–Kier alpha value is -1.26. The lowest BCUT2D eigenvalue weighted by Crippen LogP contribution is -2.44. The van der Waals surface area contributed by atoms with Gasteiger partial charge in [-0.15, -0.1) is 0 Å². The first kappa shape index (κ1) is 13.7. The van der Waals surface area contributed by atoms with Gasteiger partial charge in [0.1, 0.15) is 11.5 Å². The zero-order valence-electron chi connectivity index (χ0n) is 12.5. The highest BCUT2D eigenvalue weighted by Gasteiger charge is 2.22. The molecule has 4 heteroatoms. The van der Waals surface area contributed by atoms with Crippen LogP contribution < -0.4 is 14.8 Å². The molecule has 0 saturated carbocycles. The summed E-state index contributed by atoms with van der Waals surface area (Å²) in [6.07, 6.45) is 2.07. The molecule has 3 rings (SSSR count). The van der Waals surface area contributed by atoms with Gasteiger partial charge in [-0.2, -0.15) is 0 Å². The predicted molar refractivity (Wildman–Crippen MR) is 79.9 cm³/mol. The quantitative estimate of drug-likeness (QED) is 0.901. The van der Waals surface area contributed by atoms with Crippen molar-refractivity contribution in [2.24, 2.45) is 0 Å². The summed E-state index contributed by atoms with van der Waals surface area (Å²) in [5.74, 6) is 2.13. The van der Waals surface area contributed by atoms with Crippen LogP contribution >= 0.6 is 0 Å². The number of aryl methyl sites for hydroxylation is 1. The summed E-state index contributed by atoms with van der Waals surface area (Å²) >= 11 is 0. The molecule has 110 valence electrons. The molecule has 0 bridgehead atoms. The van der Waals surface area contributed by atoms with Gasteiger partial charge in [0.2, 0.25) is 0 Å². The van der Waals surface area contributed by atoms with E-state index in [0.29, 0.717) is 0 Å². The lowest BCUT2D eigenvalue weighted by atomic mass is 9.97. The molecule has 2 aliphatic rings. The molecule has 1 aromatic carbocycles. The van der Waals surface area contributed by atoms with Gasteiger partial charge >= 0.3 is 0 Å². The third-order valence-corrected chi connectivity index (χ3v) is 4.34. The smallest absolute Gasteiger partial charge is 0.125 e. The van der Waals surface area contributed by atoms with Crippen molar-refractivity contribution >= 4 is 0 Å². The molecule has 0 aliphatic carbocycles. The Labute approximate surface area is 121 Å². The van der Waals surface area contributed by atoms with Gasteiger partial charge in [0.05, 0.1) is 13.7 Å². The zero-order valence-corrected chi connectivity index (χ0v) is 12.5. The first-order valence-electron chi connectivity index (χ1n) is 7.55. The number of rotatable bonds is 4. The number of piperazine rings is 1. The zero-order chi connectivity index (χ0) is 13.9. The van der Waals surface area contributed by atoms with Crippen LogP contribution in [0, 0.1) is 6.92 Å². The summed E-state index contributed by atoms with van der Waals surface area (Å²) in [7, 11) is 1.78. The Morgan fingerprint density at radius 1 is 1.35 bits per heavy atom. The molecule has 4 nitrogen and oxygen atoms in total. The van der Waals surface area contributed by atoms with Crippen molar-refractivity contribution < 1.29 is 9.47 Å². The molecule has 2 heterocycles. The highest BCUT2D eigenvalue weighted by atomic mass is 16.5. The third-order valence-electron chi connectivity index (χ3n) is 4.34. The van der Waals surface area contributed by atoms with E-state index in [1.165, 1.54) is 16.7 Å². The molecule has 0 amide bonds. The third kappa shape index (κ3) is 2.63. The molecule has 0 spiro atoms. The van der Waals surface area contributed by atoms with Crippen molar-refractivity contribution in [2.75, 3.05) is 46.4 Å². The van der Waals surface area contributed by atoms with Crippen LogP contribution in [-0.2, 0) is 12.8 Å². The molecule has 0 radical (unpaired) electrons. The molecule has 1 aromatic rings. The second-order valence-corrected chi connectivity index (χ2v) is 5.62. The van der Waals surface area contributed by atoms with E-state index in [0.717, 1.165) is 63.7 Å². The van der Waals surface area contributed by atoms with Gasteiger partial charge < -0.3 is 19.7 Å². The van der Waals surface area contributed by atoms with Crippen LogP contribution in [0.15, 0.2) is 6.07 Å². The van der Waals surface area contributed by atoms with E-state index in [-0.39, 0.29) is 0 Å². The first-order chi connectivity index (χ1) is 9.79. The van der Waals surface area contributed by atoms with Gasteiger partial charge in [-0.3, -0.25) is 0 Å². The van der Waals surface area contributed by atoms with E-state index >= 15 is 0 Å². The van der Waals surface area contributed by atoms with E-state index in [4.69, 9.17) is 9.47 Å². The number of nitrogens with zero attached hydrogens (tertiary/aromatic N) is 1. The van der Waals surface area contributed by atoms with Crippen molar-refractivity contribution in [3.05, 3.63) is 22.8 Å². The Bertz CT molecular complexity index is 478. The minimum Gasteiger partial charge on any atom is -0.496 e. The van der Waals surface area contributed by atoms with Gasteiger partial charge in [0.15, 0.2) is 0 Å². The Balaban J connectivity index is 1.80. The number of ether oxygens (including phenoxy) is 2. The van der Waals surface area contributed by atoms with Gasteiger partial charge in [-0.1, -0.05) is 0 Å². The van der Waals surface area contributed by atoms with Gasteiger partial charge in [0.25, 0.3) is 0 Å². The van der Waals surface area contributed by atoms with E-state index in [2.05, 4.69) is 23.2 Å². The number of fused-ring (bicyclic) bond motifs is 1. The molecular weight excluding hydrogens is 252 g/mol. The van der Waals surface area contributed by atoms with E-state index in [1.807, 2.05) is 0 Å². The predicted octanol–water partition coefficient (Wildman–Crippen LogP) is 1.39. The van der Waals surface area contributed by atoms with Gasteiger partial charge in [-0.25, -0.2) is 0 Å². The summed E-state index contributed by atoms with van der Waals surface area (Å²) in [6.45, 7) is 8.52.